The van der Waals surface area contributed by atoms with Crippen molar-refractivity contribution in [3.05, 3.63) is 83.4 Å². The van der Waals surface area contributed by atoms with E-state index in [9.17, 15) is 4.79 Å². The molecule has 1 fully saturated rings. The Morgan fingerprint density at radius 1 is 1.18 bits per heavy atom. The maximum Gasteiger partial charge on any atom is 0.226 e. The lowest BCUT2D eigenvalue weighted by Gasteiger charge is -2.19. The molecule has 1 aliphatic heterocycles. The number of carbonyl (C=O) groups excluding carboxylic acids is 1. The molecule has 6 nitrogen and oxygen atoms in total. The Morgan fingerprint density at radius 3 is 2.86 bits per heavy atom. The molecule has 1 aliphatic rings. The van der Waals surface area contributed by atoms with E-state index in [-0.39, 0.29) is 17.9 Å². The molecule has 4 rings (SSSR count). The highest BCUT2D eigenvalue weighted by Gasteiger charge is 2.37. The van der Waals surface area contributed by atoms with E-state index in [0.717, 1.165) is 22.6 Å². The maximum absolute atomic E-state index is 12.8. The summed E-state index contributed by atoms with van der Waals surface area (Å²) in [7, 11) is 0. The number of nitrogens with one attached hydrogen (secondary N) is 1. The minimum atomic E-state index is -0.281. The largest absolute Gasteiger partial charge is 0.371 e. The zero-order valence-corrected chi connectivity index (χ0v) is 15.9. The quantitative estimate of drug-likeness (QED) is 0.718. The fourth-order valence-corrected chi connectivity index (χ4v) is 3.63. The average Bonchev–Trinajstić information content (AvgIpc) is 3.36. The molecule has 1 saturated heterocycles. The van der Waals surface area contributed by atoms with Gasteiger partial charge in [-0.15, -0.1) is 0 Å². The zero-order chi connectivity index (χ0) is 19.3. The number of aromatic nitrogens is 3. The first-order valence-corrected chi connectivity index (χ1v) is 9.58. The van der Waals surface area contributed by atoms with Gasteiger partial charge in [-0.3, -0.25) is 14.5 Å². The van der Waals surface area contributed by atoms with Gasteiger partial charge in [0, 0.05) is 18.5 Å². The summed E-state index contributed by atoms with van der Waals surface area (Å²) in [5, 5.41) is 7.47. The molecule has 0 unspecified atom stereocenters. The number of amides is 1. The number of hydrogen-bond donors (Lipinski definition) is 1. The van der Waals surface area contributed by atoms with Gasteiger partial charge in [-0.2, -0.15) is 5.10 Å². The first kappa shape index (κ1) is 18.4. The molecule has 1 amide bonds. The van der Waals surface area contributed by atoms with Gasteiger partial charge in [0.1, 0.15) is 6.10 Å². The van der Waals surface area contributed by atoms with Gasteiger partial charge in [0.05, 0.1) is 30.4 Å². The summed E-state index contributed by atoms with van der Waals surface area (Å²) in [5.74, 6) is -0.228. The van der Waals surface area contributed by atoms with Crippen LogP contribution in [0.1, 0.15) is 35.2 Å². The Hall–Kier alpha value is -2.99. The van der Waals surface area contributed by atoms with Crippen molar-refractivity contribution in [1.82, 2.24) is 20.1 Å². The molecule has 0 spiro atoms. The van der Waals surface area contributed by atoms with Crippen LogP contribution in [-0.2, 0) is 22.6 Å². The van der Waals surface area contributed by atoms with Gasteiger partial charge in [-0.1, -0.05) is 36.4 Å². The third-order valence-electron chi connectivity index (χ3n) is 5.03. The van der Waals surface area contributed by atoms with Crippen LogP contribution in [0.5, 0.6) is 0 Å². The maximum atomic E-state index is 12.8. The lowest BCUT2D eigenvalue weighted by Crippen LogP contribution is -2.32. The van der Waals surface area contributed by atoms with Crippen LogP contribution in [0, 0.1) is 12.8 Å². The summed E-state index contributed by atoms with van der Waals surface area (Å²) >= 11 is 0. The Balaban J connectivity index is 1.45. The van der Waals surface area contributed by atoms with Gasteiger partial charge < -0.3 is 10.1 Å². The molecule has 144 valence electrons. The van der Waals surface area contributed by atoms with Crippen LogP contribution in [0.15, 0.2) is 60.8 Å². The second kappa shape index (κ2) is 8.35. The van der Waals surface area contributed by atoms with Crippen molar-refractivity contribution in [2.24, 2.45) is 5.92 Å². The first-order valence-electron chi connectivity index (χ1n) is 9.58. The molecular weight excluding hydrogens is 352 g/mol. The molecule has 0 radical (unpaired) electrons. The fraction of sp³-hybridized carbons (Fsp3) is 0.318. The summed E-state index contributed by atoms with van der Waals surface area (Å²) in [6.07, 6.45) is 2.19. The Labute approximate surface area is 164 Å². The van der Waals surface area contributed by atoms with Crippen LogP contribution < -0.4 is 5.32 Å². The number of hydrogen-bond acceptors (Lipinski definition) is 4. The molecule has 0 saturated carbocycles. The predicted octanol–water partition coefficient (Wildman–Crippen LogP) is 3.03. The van der Waals surface area contributed by atoms with Gasteiger partial charge in [0.2, 0.25) is 5.91 Å². The summed E-state index contributed by atoms with van der Waals surface area (Å²) in [6.45, 7) is 3.60. The lowest BCUT2D eigenvalue weighted by atomic mass is 9.97. The van der Waals surface area contributed by atoms with Crippen molar-refractivity contribution in [2.45, 2.75) is 32.5 Å². The summed E-state index contributed by atoms with van der Waals surface area (Å²) in [6, 6.07) is 17.9. The second-order valence-corrected chi connectivity index (χ2v) is 7.07. The van der Waals surface area contributed by atoms with Crippen molar-refractivity contribution in [3.63, 3.8) is 0 Å². The number of pyridine rings is 1. The molecule has 1 aromatic carbocycles. The van der Waals surface area contributed by atoms with Gasteiger partial charge in [0.15, 0.2) is 0 Å². The number of nitrogens with zero attached hydrogens (tertiary/aromatic N) is 3. The molecule has 0 bridgehead atoms. The predicted molar refractivity (Wildman–Crippen MR) is 105 cm³/mol. The van der Waals surface area contributed by atoms with Crippen LogP contribution in [0.4, 0.5) is 0 Å². The molecule has 1 N–H and O–H groups in total. The Morgan fingerprint density at radius 2 is 2.04 bits per heavy atom. The number of carbonyl (C=O) groups is 1. The SMILES string of the molecule is Cc1cccc(CNC(=O)[C@H]2CCO[C@@H]2c2ccnn2Cc2ccccc2)n1. The van der Waals surface area contributed by atoms with Crippen LogP contribution in [-0.4, -0.2) is 27.3 Å². The highest BCUT2D eigenvalue weighted by atomic mass is 16.5. The summed E-state index contributed by atoms with van der Waals surface area (Å²) < 4.78 is 7.87. The minimum Gasteiger partial charge on any atom is -0.371 e. The Bertz CT molecular complexity index is 938. The van der Waals surface area contributed by atoms with E-state index in [0.29, 0.717) is 26.1 Å². The number of ether oxygens (including phenoxy) is 1. The molecule has 0 aliphatic carbocycles. The highest BCUT2D eigenvalue weighted by Crippen LogP contribution is 2.34. The van der Waals surface area contributed by atoms with Crippen LogP contribution in [0.3, 0.4) is 0 Å². The third-order valence-corrected chi connectivity index (χ3v) is 5.03. The molecule has 2 atom stereocenters. The normalized spacial score (nSPS) is 18.9. The number of rotatable bonds is 6. The van der Waals surface area contributed by atoms with E-state index < -0.39 is 0 Å². The first-order chi connectivity index (χ1) is 13.7. The molecule has 3 aromatic rings. The number of benzene rings is 1. The van der Waals surface area contributed by atoms with E-state index in [4.69, 9.17) is 4.74 Å². The van der Waals surface area contributed by atoms with E-state index in [1.54, 1.807) is 6.20 Å². The molecule has 28 heavy (non-hydrogen) atoms. The molecular formula is C22H24N4O2. The average molecular weight is 376 g/mol. The topological polar surface area (TPSA) is 69.0 Å². The monoisotopic (exact) mass is 376 g/mol. The zero-order valence-electron chi connectivity index (χ0n) is 15.9. The molecule has 2 aromatic heterocycles. The minimum absolute atomic E-state index is 0.00160. The van der Waals surface area contributed by atoms with Crippen molar-refractivity contribution in [2.75, 3.05) is 6.61 Å². The fourth-order valence-electron chi connectivity index (χ4n) is 3.63. The highest BCUT2D eigenvalue weighted by molar-refractivity contribution is 5.79. The van der Waals surface area contributed by atoms with E-state index in [1.165, 1.54) is 0 Å². The van der Waals surface area contributed by atoms with Crippen molar-refractivity contribution < 1.29 is 9.53 Å². The van der Waals surface area contributed by atoms with Crippen LogP contribution in [0.25, 0.3) is 0 Å². The summed E-state index contributed by atoms with van der Waals surface area (Å²) in [4.78, 5) is 17.3. The van der Waals surface area contributed by atoms with E-state index >= 15 is 0 Å². The molecule has 3 heterocycles. The molecule has 6 heteroatoms. The van der Waals surface area contributed by atoms with Gasteiger partial charge in [-0.05, 0) is 37.1 Å². The lowest BCUT2D eigenvalue weighted by molar-refractivity contribution is -0.127. The van der Waals surface area contributed by atoms with Gasteiger partial charge in [0.25, 0.3) is 0 Å². The second-order valence-electron chi connectivity index (χ2n) is 7.07. The van der Waals surface area contributed by atoms with Gasteiger partial charge >= 0.3 is 0 Å². The number of aryl methyl sites for hydroxylation is 1. The van der Waals surface area contributed by atoms with Gasteiger partial charge in [-0.25, -0.2) is 0 Å². The van der Waals surface area contributed by atoms with Crippen LogP contribution in [0.2, 0.25) is 0 Å². The van der Waals surface area contributed by atoms with Crippen molar-refractivity contribution in [1.29, 1.82) is 0 Å². The van der Waals surface area contributed by atoms with E-state index in [1.807, 2.05) is 54.1 Å². The van der Waals surface area contributed by atoms with Crippen molar-refractivity contribution in [3.8, 4) is 0 Å². The standard InChI is InChI=1S/C22H24N4O2/c1-16-6-5-9-18(25-16)14-23-22(27)19-11-13-28-21(19)20-10-12-24-26(20)15-17-7-3-2-4-8-17/h2-10,12,19,21H,11,13-15H2,1H3,(H,23,27)/t19-,21-/m0/s1. The third kappa shape index (κ3) is 4.12. The summed E-state index contributed by atoms with van der Waals surface area (Å²) in [5.41, 5.74) is 3.91. The van der Waals surface area contributed by atoms with E-state index in [2.05, 4.69) is 27.5 Å². The Kier molecular flexibility index (Phi) is 5.48. The van der Waals surface area contributed by atoms with Crippen LogP contribution >= 0.6 is 0 Å². The smallest absolute Gasteiger partial charge is 0.226 e. The van der Waals surface area contributed by atoms with Crippen molar-refractivity contribution >= 4 is 5.91 Å².